The molecule has 0 unspecified atom stereocenters. The molecule has 0 aromatic carbocycles. The van der Waals surface area contributed by atoms with E-state index >= 15 is 0 Å². The Morgan fingerprint density at radius 2 is 1.82 bits per heavy atom. The van der Waals surface area contributed by atoms with Gasteiger partial charge < -0.3 is 10.1 Å². The minimum absolute atomic E-state index is 0.0733. The fourth-order valence-electron chi connectivity index (χ4n) is 4.86. The molecule has 4 aliphatic rings. The molecule has 2 aliphatic carbocycles. The number of imide groups is 1. The third-order valence-electron chi connectivity index (χ3n) is 5.87. The molecule has 0 aromatic rings. The van der Waals surface area contributed by atoms with E-state index in [9.17, 15) is 14.4 Å². The molecule has 2 bridgehead atoms. The Kier molecular flexibility index (Phi) is 3.44. The Labute approximate surface area is 129 Å². The first-order chi connectivity index (χ1) is 10.6. The van der Waals surface area contributed by atoms with Crippen LogP contribution in [0, 0.1) is 23.7 Å². The third kappa shape index (κ3) is 2.16. The van der Waals surface area contributed by atoms with Crippen LogP contribution in [0.2, 0.25) is 0 Å². The fourth-order valence-corrected chi connectivity index (χ4v) is 4.86. The molecule has 5 atom stereocenters. The van der Waals surface area contributed by atoms with Crippen molar-refractivity contribution in [3.05, 3.63) is 0 Å². The van der Waals surface area contributed by atoms with Crippen molar-refractivity contribution in [2.24, 2.45) is 23.7 Å². The maximum atomic E-state index is 12.5. The summed E-state index contributed by atoms with van der Waals surface area (Å²) in [5, 5.41) is 2.79. The predicted octanol–water partition coefficient (Wildman–Crippen LogP) is 0.313. The van der Waals surface area contributed by atoms with Gasteiger partial charge in [-0.2, -0.15) is 0 Å². The van der Waals surface area contributed by atoms with E-state index in [4.69, 9.17) is 4.74 Å². The van der Waals surface area contributed by atoms with Gasteiger partial charge in [0, 0.05) is 13.2 Å². The van der Waals surface area contributed by atoms with E-state index in [-0.39, 0.29) is 42.2 Å². The van der Waals surface area contributed by atoms with Crippen LogP contribution in [0.3, 0.4) is 0 Å². The summed E-state index contributed by atoms with van der Waals surface area (Å²) in [6.45, 7) is 1.08. The number of nitrogens with one attached hydrogen (secondary N) is 1. The largest absolute Gasteiger partial charge is 0.376 e. The zero-order valence-electron chi connectivity index (χ0n) is 12.6. The van der Waals surface area contributed by atoms with Gasteiger partial charge in [-0.15, -0.1) is 0 Å². The van der Waals surface area contributed by atoms with Crippen molar-refractivity contribution >= 4 is 17.7 Å². The molecule has 1 N–H and O–H groups in total. The summed E-state index contributed by atoms with van der Waals surface area (Å²) in [4.78, 5) is 38.2. The van der Waals surface area contributed by atoms with Crippen molar-refractivity contribution in [2.45, 2.75) is 38.2 Å². The molecular formula is C16H22N2O4. The molecule has 6 heteroatoms. The highest BCUT2D eigenvalue weighted by Gasteiger charge is 2.60. The second kappa shape index (κ2) is 5.33. The topological polar surface area (TPSA) is 75.7 Å². The van der Waals surface area contributed by atoms with Crippen LogP contribution in [0.1, 0.15) is 32.1 Å². The number of hydrogen-bond donors (Lipinski definition) is 1. The molecule has 2 aliphatic heterocycles. The van der Waals surface area contributed by atoms with Gasteiger partial charge in [-0.1, -0.05) is 0 Å². The van der Waals surface area contributed by atoms with E-state index in [0.717, 1.165) is 38.7 Å². The molecule has 4 fully saturated rings. The number of carbonyl (C=O) groups is 3. The van der Waals surface area contributed by atoms with Gasteiger partial charge in [0.05, 0.1) is 17.9 Å². The third-order valence-corrected chi connectivity index (χ3v) is 5.87. The Morgan fingerprint density at radius 3 is 2.41 bits per heavy atom. The molecule has 2 saturated carbocycles. The predicted molar refractivity (Wildman–Crippen MR) is 76.5 cm³/mol. The number of likely N-dealkylation sites (tertiary alicyclic amines) is 1. The second-order valence-electron chi connectivity index (χ2n) is 7.09. The number of amides is 3. The van der Waals surface area contributed by atoms with Crippen molar-refractivity contribution in [1.82, 2.24) is 10.2 Å². The highest BCUT2D eigenvalue weighted by molar-refractivity contribution is 6.08. The van der Waals surface area contributed by atoms with Crippen LogP contribution in [0.15, 0.2) is 0 Å². The maximum absolute atomic E-state index is 12.5. The van der Waals surface area contributed by atoms with E-state index in [1.807, 2.05) is 0 Å². The molecule has 0 radical (unpaired) electrons. The fraction of sp³-hybridized carbons (Fsp3) is 0.812. The Morgan fingerprint density at radius 1 is 1.14 bits per heavy atom. The van der Waals surface area contributed by atoms with Crippen LogP contribution >= 0.6 is 0 Å². The number of carbonyl (C=O) groups excluding carboxylic acids is 3. The van der Waals surface area contributed by atoms with Crippen LogP contribution in [-0.2, 0) is 19.1 Å². The van der Waals surface area contributed by atoms with Gasteiger partial charge in [0.1, 0.15) is 6.54 Å². The summed E-state index contributed by atoms with van der Waals surface area (Å²) < 4.78 is 5.45. The van der Waals surface area contributed by atoms with Gasteiger partial charge in [0.25, 0.3) is 0 Å². The van der Waals surface area contributed by atoms with Crippen LogP contribution in [0.5, 0.6) is 0 Å². The van der Waals surface area contributed by atoms with Crippen molar-refractivity contribution in [2.75, 3.05) is 19.7 Å². The number of fused-ring (bicyclic) bond motifs is 5. The molecule has 120 valence electrons. The van der Waals surface area contributed by atoms with Gasteiger partial charge in [-0.25, -0.2) is 0 Å². The summed E-state index contributed by atoms with van der Waals surface area (Å²) in [5.74, 6) is -0.0410. The van der Waals surface area contributed by atoms with Gasteiger partial charge in [0.2, 0.25) is 17.7 Å². The monoisotopic (exact) mass is 306 g/mol. The normalized spacial score (nSPS) is 39.6. The number of ether oxygens (including phenoxy) is 1. The van der Waals surface area contributed by atoms with Crippen LogP contribution in [-0.4, -0.2) is 48.4 Å². The number of nitrogens with zero attached hydrogens (tertiary/aromatic N) is 1. The van der Waals surface area contributed by atoms with E-state index in [1.165, 1.54) is 4.90 Å². The Balaban J connectivity index is 1.35. The Bertz CT molecular complexity index is 486. The molecule has 6 nitrogen and oxygen atoms in total. The van der Waals surface area contributed by atoms with Crippen LogP contribution in [0.25, 0.3) is 0 Å². The van der Waals surface area contributed by atoms with Crippen molar-refractivity contribution in [3.8, 4) is 0 Å². The highest BCUT2D eigenvalue weighted by Crippen LogP contribution is 2.55. The molecule has 3 amide bonds. The number of hydrogen-bond acceptors (Lipinski definition) is 4. The molecule has 2 saturated heterocycles. The quantitative estimate of drug-likeness (QED) is 0.759. The first-order valence-electron chi connectivity index (χ1n) is 8.38. The van der Waals surface area contributed by atoms with Gasteiger partial charge in [-0.3, -0.25) is 19.3 Å². The van der Waals surface area contributed by atoms with Gasteiger partial charge in [0.15, 0.2) is 0 Å². The lowest BCUT2D eigenvalue weighted by molar-refractivity contribution is -0.144. The zero-order chi connectivity index (χ0) is 15.3. The zero-order valence-corrected chi connectivity index (χ0v) is 12.6. The standard InChI is InChI=1S/C16H22N2O4/c19-12(17-7-11-2-1-5-22-11)8-18-15(20)13-9-3-4-10(6-9)14(13)16(18)21/h9-11,13-14H,1-8H2,(H,17,19)/t9-,10-,11+,13-,14+/m0/s1. The van der Waals surface area contributed by atoms with Gasteiger partial charge >= 0.3 is 0 Å². The van der Waals surface area contributed by atoms with E-state index in [0.29, 0.717) is 18.4 Å². The second-order valence-corrected chi connectivity index (χ2v) is 7.09. The van der Waals surface area contributed by atoms with E-state index in [1.54, 1.807) is 0 Å². The molecular weight excluding hydrogens is 284 g/mol. The summed E-state index contributed by atoms with van der Waals surface area (Å²) in [5.41, 5.74) is 0. The average molecular weight is 306 g/mol. The van der Waals surface area contributed by atoms with E-state index in [2.05, 4.69) is 5.32 Å². The van der Waals surface area contributed by atoms with Gasteiger partial charge in [-0.05, 0) is 43.9 Å². The average Bonchev–Trinajstić information content (AvgIpc) is 3.26. The first kappa shape index (κ1) is 14.2. The van der Waals surface area contributed by atoms with Crippen molar-refractivity contribution < 1.29 is 19.1 Å². The maximum Gasteiger partial charge on any atom is 0.240 e. The Hall–Kier alpha value is -1.43. The first-order valence-corrected chi connectivity index (χ1v) is 8.38. The lowest BCUT2D eigenvalue weighted by atomic mass is 9.81. The molecule has 22 heavy (non-hydrogen) atoms. The summed E-state index contributed by atoms with van der Waals surface area (Å²) in [6.07, 6.45) is 5.19. The van der Waals surface area contributed by atoms with Crippen LogP contribution in [0.4, 0.5) is 0 Å². The van der Waals surface area contributed by atoms with Crippen LogP contribution < -0.4 is 5.32 Å². The molecule has 0 spiro atoms. The summed E-state index contributed by atoms with van der Waals surface area (Å²) in [7, 11) is 0. The smallest absolute Gasteiger partial charge is 0.240 e. The molecule has 0 aromatic heterocycles. The molecule has 2 heterocycles. The SMILES string of the molecule is O=C(CN1C(=O)[C@@H]2[C@H]3CC[C@@H](C3)[C@@H]2C1=O)NC[C@H]1CCCO1. The van der Waals surface area contributed by atoms with Crippen molar-refractivity contribution in [3.63, 3.8) is 0 Å². The summed E-state index contributed by atoms with van der Waals surface area (Å²) >= 11 is 0. The lowest BCUT2D eigenvalue weighted by Crippen LogP contribution is -2.43. The summed E-state index contributed by atoms with van der Waals surface area (Å²) in [6, 6.07) is 0. The van der Waals surface area contributed by atoms with Crippen molar-refractivity contribution in [1.29, 1.82) is 0 Å². The lowest BCUT2D eigenvalue weighted by Gasteiger charge is -2.19. The number of rotatable bonds is 4. The highest BCUT2D eigenvalue weighted by atomic mass is 16.5. The molecule has 4 rings (SSSR count). The minimum atomic E-state index is -0.260. The minimum Gasteiger partial charge on any atom is -0.376 e. The van der Waals surface area contributed by atoms with E-state index < -0.39 is 0 Å².